The first-order chi connectivity index (χ1) is 10.2. The lowest BCUT2D eigenvalue weighted by molar-refractivity contribution is 0.385. The van der Waals surface area contributed by atoms with Crippen molar-refractivity contribution in [3.05, 3.63) is 42.1 Å². The summed E-state index contributed by atoms with van der Waals surface area (Å²) in [6.45, 7) is 3.81. The average Bonchev–Trinajstić information content (AvgIpc) is 2.53. The van der Waals surface area contributed by atoms with Crippen molar-refractivity contribution < 1.29 is 14.2 Å². The van der Waals surface area contributed by atoms with Crippen LogP contribution in [0.3, 0.4) is 0 Å². The molecule has 2 rings (SSSR count). The molecule has 0 aliphatic carbocycles. The van der Waals surface area contributed by atoms with Crippen LogP contribution >= 0.6 is 0 Å². The summed E-state index contributed by atoms with van der Waals surface area (Å²) in [5.74, 6) is 2.50. The molecular formula is C16H20N2O3. The minimum Gasteiger partial charge on any atom is -0.496 e. The molecule has 1 aromatic carbocycles. The van der Waals surface area contributed by atoms with Gasteiger partial charge in [0.05, 0.1) is 14.2 Å². The fraction of sp³-hybridized carbons (Fsp3) is 0.312. The van der Waals surface area contributed by atoms with Crippen molar-refractivity contribution in [1.82, 2.24) is 10.3 Å². The second kappa shape index (κ2) is 7.50. The molecular weight excluding hydrogens is 268 g/mol. The molecule has 0 aliphatic heterocycles. The van der Waals surface area contributed by atoms with E-state index in [1.807, 2.05) is 12.1 Å². The normalized spacial score (nSPS) is 10.2. The van der Waals surface area contributed by atoms with Crippen LogP contribution < -0.4 is 19.5 Å². The van der Waals surface area contributed by atoms with Crippen LogP contribution in [0.2, 0.25) is 0 Å². The van der Waals surface area contributed by atoms with Gasteiger partial charge in [-0.05, 0) is 12.1 Å². The second-order valence-electron chi connectivity index (χ2n) is 4.44. The first-order valence-electron chi connectivity index (χ1n) is 6.81. The maximum Gasteiger partial charge on any atom is 0.219 e. The molecule has 0 fully saturated rings. The molecule has 1 heterocycles. The van der Waals surface area contributed by atoms with Gasteiger partial charge in [0.2, 0.25) is 5.88 Å². The van der Waals surface area contributed by atoms with Crippen molar-refractivity contribution >= 4 is 0 Å². The molecule has 0 spiro atoms. The second-order valence-corrected chi connectivity index (χ2v) is 4.44. The SMILES string of the molecule is CCNCc1ccc(Oc2cc(OC)cc(OC)c2)nc1. The summed E-state index contributed by atoms with van der Waals surface area (Å²) < 4.78 is 16.2. The fourth-order valence-corrected chi connectivity index (χ4v) is 1.81. The molecule has 0 radical (unpaired) electrons. The highest BCUT2D eigenvalue weighted by Gasteiger charge is 2.05. The number of nitrogens with zero attached hydrogens (tertiary/aromatic N) is 1. The van der Waals surface area contributed by atoms with E-state index in [1.165, 1.54) is 0 Å². The summed E-state index contributed by atoms with van der Waals surface area (Å²) >= 11 is 0. The Morgan fingerprint density at radius 2 is 1.67 bits per heavy atom. The van der Waals surface area contributed by atoms with Crippen LogP contribution in [0.4, 0.5) is 0 Å². The molecule has 112 valence electrons. The molecule has 1 N–H and O–H groups in total. The maximum absolute atomic E-state index is 5.73. The van der Waals surface area contributed by atoms with Crippen LogP contribution in [0.25, 0.3) is 0 Å². The number of ether oxygens (including phenoxy) is 3. The number of methoxy groups -OCH3 is 2. The fourth-order valence-electron chi connectivity index (χ4n) is 1.81. The molecule has 0 saturated carbocycles. The lowest BCUT2D eigenvalue weighted by Gasteiger charge is -2.09. The molecule has 0 unspecified atom stereocenters. The number of benzene rings is 1. The van der Waals surface area contributed by atoms with Gasteiger partial charge in [-0.15, -0.1) is 0 Å². The summed E-state index contributed by atoms with van der Waals surface area (Å²) in [5, 5.41) is 3.25. The van der Waals surface area contributed by atoms with Crippen molar-refractivity contribution in [2.24, 2.45) is 0 Å². The van der Waals surface area contributed by atoms with Crippen LogP contribution in [0.5, 0.6) is 23.1 Å². The van der Waals surface area contributed by atoms with Gasteiger partial charge in [0.25, 0.3) is 0 Å². The van der Waals surface area contributed by atoms with E-state index in [2.05, 4.69) is 17.2 Å². The molecule has 21 heavy (non-hydrogen) atoms. The van der Waals surface area contributed by atoms with Gasteiger partial charge in [-0.1, -0.05) is 13.0 Å². The molecule has 5 heteroatoms. The zero-order chi connectivity index (χ0) is 15.1. The number of hydrogen-bond acceptors (Lipinski definition) is 5. The zero-order valence-electron chi connectivity index (χ0n) is 12.6. The van der Waals surface area contributed by atoms with Crippen LogP contribution in [0, 0.1) is 0 Å². The van der Waals surface area contributed by atoms with Gasteiger partial charge in [-0.25, -0.2) is 4.98 Å². The predicted octanol–water partition coefficient (Wildman–Crippen LogP) is 3.00. The Morgan fingerprint density at radius 1 is 1.00 bits per heavy atom. The molecule has 2 aromatic rings. The minimum atomic E-state index is 0.533. The highest BCUT2D eigenvalue weighted by Crippen LogP contribution is 2.30. The number of nitrogens with one attached hydrogen (secondary N) is 1. The Kier molecular flexibility index (Phi) is 5.40. The van der Waals surface area contributed by atoms with Crippen LogP contribution in [-0.4, -0.2) is 25.7 Å². The summed E-state index contributed by atoms with van der Waals surface area (Å²) in [6.07, 6.45) is 1.80. The van der Waals surface area contributed by atoms with Gasteiger partial charge in [-0.2, -0.15) is 0 Å². The van der Waals surface area contributed by atoms with E-state index in [9.17, 15) is 0 Å². The molecule has 5 nitrogen and oxygen atoms in total. The number of pyridine rings is 1. The van der Waals surface area contributed by atoms with E-state index >= 15 is 0 Å². The highest BCUT2D eigenvalue weighted by molar-refractivity contribution is 5.43. The first-order valence-corrected chi connectivity index (χ1v) is 6.81. The summed E-state index contributed by atoms with van der Waals surface area (Å²) in [6, 6.07) is 9.20. The predicted molar refractivity (Wildman–Crippen MR) is 81.2 cm³/mol. The smallest absolute Gasteiger partial charge is 0.219 e. The lowest BCUT2D eigenvalue weighted by Crippen LogP contribution is -2.11. The Balaban J connectivity index is 2.10. The van der Waals surface area contributed by atoms with Crippen molar-refractivity contribution in [2.75, 3.05) is 20.8 Å². The number of hydrogen-bond donors (Lipinski definition) is 1. The van der Waals surface area contributed by atoms with Gasteiger partial charge < -0.3 is 19.5 Å². The third kappa shape index (κ3) is 4.36. The Bertz CT molecular complexity index is 548. The van der Waals surface area contributed by atoms with E-state index in [4.69, 9.17) is 14.2 Å². The lowest BCUT2D eigenvalue weighted by atomic mass is 10.3. The van der Waals surface area contributed by atoms with E-state index < -0.39 is 0 Å². The third-order valence-corrected chi connectivity index (χ3v) is 2.92. The van der Waals surface area contributed by atoms with Crippen LogP contribution in [0.15, 0.2) is 36.5 Å². The Labute approximate surface area is 124 Å². The Hall–Kier alpha value is -2.27. The van der Waals surface area contributed by atoms with Crippen LogP contribution in [-0.2, 0) is 6.54 Å². The van der Waals surface area contributed by atoms with E-state index in [1.54, 1.807) is 38.6 Å². The largest absolute Gasteiger partial charge is 0.496 e. The van der Waals surface area contributed by atoms with Gasteiger partial charge >= 0.3 is 0 Å². The van der Waals surface area contributed by atoms with Gasteiger partial charge in [0, 0.05) is 37.0 Å². The van der Waals surface area contributed by atoms with Gasteiger partial charge in [0.15, 0.2) is 0 Å². The van der Waals surface area contributed by atoms with Crippen molar-refractivity contribution in [3.63, 3.8) is 0 Å². The van der Waals surface area contributed by atoms with Crippen molar-refractivity contribution in [1.29, 1.82) is 0 Å². The van der Waals surface area contributed by atoms with E-state index in [0.29, 0.717) is 23.1 Å². The van der Waals surface area contributed by atoms with E-state index in [0.717, 1.165) is 18.7 Å². The molecule has 1 aromatic heterocycles. The summed E-state index contributed by atoms with van der Waals surface area (Å²) in [7, 11) is 3.21. The monoisotopic (exact) mass is 288 g/mol. The Morgan fingerprint density at radius 3 is 2.19 bits per heavy atom. The average molecular weight is 288 g/mol. The highest BCUT2D eigenvalue weighted by atomic mass is 16.5. The summed E-state index contributed by atoms with van der Waals surface area (Å²) in [4.78, 5) is 4.29. The standard InChI is InChI=1S/C16H20N2O3/c1-4-17-10-12-5-6-16(18-11-12)21-15-8-13(19-2)7-14(9-15)20-3/h5-9,11,17H,4,10H2,1-3H3. The third-order valence-electron chi connectivity index (χ3n) is 2.92. The van der Waals surface area contributed by atoms with Gasteiger partial charge in [0.1, 0.15) is 17.2 Å². The molecule has 0 atom stereocenters. The molecule has 0 bridgehead atoms. The quantitative estimate of drug-likeness (QED) is 0.848. The summed E-state index contributed by atoms with van der Waals surface area (Å²) in [5.41, 5.74) is 1.12. The minimum absolute atomic E-state index is 0.533. The number of rotatable bonds is 7. The molecule has 0 amide bonds. The van der Waals surface area contributed by atoms with Crippen LogP contribution in [0.1, 0.15) is 12.5 Å². The van der Waals surface area contributed by atoms with Crippen molar-refractivity contribution in [2.45, 2.75) is 13.5 Å². The van der Waals surface area contributed by atoms with E-state index in [-0.39, 0.29) is 0 Å². The molecule has 0 aliphatic rings. The number of aromatic nitrogens is 1. The maximum atomic E-state index is 5.73. The van der Waals surface area contributed by atoms with Gasteiger partial charge in [-0.3, -0.25) is 0 Å². The topological polar surface area (TPSA) is 52.6 Å². The zero-order valence-corrected chi connectivity index (χ0v) is 12.6. The van der Waals surface area contributed by atoms with Crippen molar-refractivity contribution in [3.8, 4) is 23.1 Å². The molecule has 0 saturated heterocycles. The first kappa shape index (κ1) is 15.1.